The quantitative estimate of drug-likeness (QED) is 0.0730. The van der Waals surface area contributed by atoms with Gasteiger partial charge in [-0.15, -0.1) is 6.58 Å². The second-order valence-electron chi connectivity index (χ2n) is 12.4. The summed E-state index contributed by atoms with van der Waals surface area (Å²) >= 11 is 0. The summed E-state index contributed by atoms with van der Waals surface area (Å²) in [5.74, 6) is -1.20. The van der Waals surface area contributed by atoms with Crippen LogP contribution in [0.15, 0.2) is 17.8 Å². The van der Waals surface area contributed by atoms with Crippen molar-refractivity contribution in [1.29, 1.82) is 0 Å². The maximum Gasteiger partial charge on any atom is 0.289 e. The molecule has 0 aromatic rings. The molecule has 0 aromatic heterocycles. The van der Waals surface area contributed by atoms with Gasteiger partial charge in [-0.3, -0.25) is 19.2 Å². The highest BCUT2D eigenvalue weighted by molar-refractivity contribution is 6.37. The number of carbonyl (C=O) groups is 4. The predicted molar refractivity (Wildman–Crippen MR) is 204 cm³/mol. The topological polar surface area (TPSA) is 197 Å². The van der Waals surface area contributed by atoms with Crippen LogP contribution in [-0.2, 0) is 19.2 Å². The largest absolute Gasteiger partial charge is 0.394 e. The summed E-state index contributed by atoms with van der Waals surface area (Å²) in [7, 11) is 0. The Hall–Kier alpha value is -2.70. The van der Waals surface area contributed by atoms with Crippen molar-refractivity contribution in [2.24, 2.45) is 22.6 Å². The minimum atomic E-state index is -0.781. The predicted octanol–water partition coefficient (Wildman–Crippen LogP) is 5.78. The maximum absolute atomic E-state index is 12.0. The summed E-state index contributed by atoms with van der Waals surface area (Å²) in [6, 6.07) is -0.0844. The first-order chi connectivity index (χ1) is 23.4. The van der Waals surface area contributed by atoms with E-state index in [9.17, 15) is 24.1 Å². The van der Waals surface area contributed by atoms with Crippen LogP contribution >= 0.6 is 0 Å². The molecule has 1 heterocycles. The van der Waals surface area contributed by atoms with E-state index in [0.717, 1.165) is 18.8 Å². The number of Topliss-reactive ketones (excluding diaryl/α,β-unsaturated/α-hetero) is 1. The molecule has 2 saturated carbocycles. The second kappa shape index (κ2) is 39.7. The minimum absolute atomic E-state index is 0.160. The van der Waals surface area contributed by atoms with Crippen molar-refractivity contribution in [3.8, 4) is 0 Å². The van der Waals surface area contributed by atoms with Crippen LogP contribution in [0.5, 0.6) is 0 Å². The van der Waals surface area contributed by atoms with Crippen molar-refractivity contribution in [3.05, 3.63) is 17.6 Å². The van der Waals surface area contributed by atoms with Crippen LogP contribution < -0.4 is 22.1 Å². The Bertz CT molecular complexity index is 814. The molecule has 1 atom stereocenters. The third-order valence-electron chi connectivity index (χ3n) is 6.75. The number of hydrogen-bond donors (Lipinski definition) is 5. The number of carbonyl (C=O) groups excluding carboxylic acids is 4. The molecular weight excluding hydrogens is 624 g/mol. The number of rotatable bonds is 12. The highest BCUT2D eigenvalue weighted by Gasteiger charge is 2.33. The number of amides is 3. The number of aliphatic hydroxyl groups is 1. The van der Waals surface area contributed by atoms with Crippen molar-refractivity contribution in [2.45, 2.75) is 163 Å². The first-order valence-electron chi connectivity index (χ1n) is 18.8. The van der Waals surface area contributed by atoms with Crippen molar-refractivity contribution in [1.82, 2.24) is 15.5 Å². The lowest BCUT2D eigenvalue weighted by molar-refractivity contribution is -0.139. The Morgan fingerprint density at radius 1 is 0.939 bits per heavy atom. The average molecular weight is 701 g/mol. The van der Waals surface area contributed by atoms with Crippen LogP contribution in [0, 0.1) is 10.8 Å². The van der Waals surface area contributed by atoms with Gasteiger partial charge in [0.15, 0.2) is 0 Å². The van der Waals surface area contributed by atoms with E-state index >= 15 is 0 Å². The third kappa shape index (κ3) is 39.6. The molecule has 0 spiro atoms. The zero-order chi connectivity index (χ0) is 38.5. The van der Waals surface area contributed by atoms with Crippen LogP contribution in [0.25, 0.3) is 0 Å². The number of ketones is 1. The van der Waals surface area contributed by atoms with Gasteiger partial charge in [0, 0.05) is 25.2 Å². The Morgan fingerprint density at radius 3 is 1.86 bits per heavy atom. The average Bonchev–Trinajstić information content (AvgIpc) is 3.71. The number of aliphatic hydroxyl groups excluding tert-OH is 1. The van der Waals surface area contributed by atoms with Gasteiger partial charge >= 0.3 is 0 Å². The molecule has 12 heteroatoms. The van der Waals surface area contributed by atoms with Crippen LogP contribution in [0.3, 0.4) is 0 Å². The fourth-order valence-corrected chi connectivity index (χ4v) is 3.99. The van der Waals surface area contributed by atoms with Crippen LogP contribution in [0.1, 0.15) is 145 Å². The monoisotopic (exact) mass is 701 g/mol. The van der Waals surface area contributed by atoms with E-state index in [2.05, 4.69) is 50.1 Å². The van der Waals surface area contributed by atoms with Gasteiger partial charge in [0.1, 0.15) is 6.04 Å². The molecule has 49 heavy (non-hydrogen) atoms. The van der Waals surface area contributed by atoms with Crippen LogP contribution in [-0.4, -0.2) is 84.4 Å². The summed E-state index contributed by atoms with van der Waals surface area (Å²) in [5, 5.41) is 15.5. The Labute approximate surface area is 299 Å². The summed E-state index contributed by atoms with van der Waals surface area (Å²) in [6.07, 6.45) is 18.0. The zero-order valence-electron chi connectivity index (χ0n) is 32.6. The van der Waals surface area contributed by atoms with Gasteiger partial charge in [0.05, 0.1) is 19.6 Å². The number of unbranched alkanes of at least 4 members (excludes halogenated alkanes) is 3. The molecular formula is C37H76N6O6. The first-order valence-corrected chi connectivity index (χ1v) is 18.8. The lowest BCUT2D eigenvalue weighted by Gasteiger charge is -2.23. The minimum Gasteiger partial charge on any atom is -0.394 e. The highest BCUT2D eigenvalue weighted by Crippen LogP contribution is 2.26. The Balaban J connectivity index is -0.000000294. The Kier molecular flexibility index (Phi) is 43.1. The van der Waals surface area contributed by atoms with E-state index in [-0.39, 0.29) is 25.1 Å². The molecule has 7 N–H and O–H groups in total. The summed E-state index contributed by atoms with van der Waals surface area (Å²) < 4.78 is 0. The van der Waals surface area contributed by atoms with Gasteiger partial charge in [0.2, 0.25) is 17.6 Å². The number of nitroso groups, excluding NO2 is 1. The van der Waals surface area contributed by atoms with E-state index in [1.807, 2.05) is 13.8 Å². The second-order valence-corrected chi connectivity index (χ2v) is 12.4. The molecule has 0 bridgehead atoms. The van der Waals surface area contributed by atoms with E-state index in [1.165, 1.54) is 75.2 Å². The van der Waals surface area contributed by atoms with Crippen molar-refractivity contribution < 1.29 is 24.3 Å². The number of nitrogens with one attached hydrogen (secondary N) is 2. The third-order valence-corrected chi connectivity index (χ3v) is 6.75. The smallest absolute Gasteiger partial charge is 0.289 e. The lowest BCUT2D eigenvalue weighted by atomic mass is 9.97. The standard InChI is InChI=1S/C13H20N4O4.C6H13NO.C6H13N.C4H8.C3H8O.C3H8.C2H6/c1-2-5-15-13(21)10(18)8-16-12(20)9-4-3-6-17(9)11(19)7-14;1-2-3-4-5-6-7-8;7-6-4-2-1-3-5-6;1-4-2-3-4;1-3(2)4;1-3-2;1-2/h2,9H,1,3-8,14H2,(H,15,21)(H,16,20);2-6H2,1H3;6H,1-5,7H2;4H,2-3H2,1H3;3-4H,1-2H3;3H2,1-2H3;1-2H3. The van der Waals surface area contributed by atoms with Crippen LogP contribution in [0.2, 0.25) is 0 Å². The number of likely N-dealkylation sites (tertiary alicyclic amines) is 1. The molecule has 12 nitrogen and oxygen atoms in total. The molecule has 3 amide bonds. The fourth-order valence-electron chi connectivity index (χ4n) is 3.99. The van der Waals surface area contributed by atoms with Gasteiger partial charge in [-0.25, -0.2) is 0 Å². The number of hydrogen-bond acceptors (Lipinski definition) is 9. The fraction of sp³-hybridized carbons (Fsp3) is 0.838. The summed E-state index contributed by atoms with van der Waals surface area (Å²) in [4.78, 5) is 57.3. The molecule has 3 rings (SSSR count). The van der Waals surface area contributed by atoms with E-state index < -0.39 is 30.2 Å². The number of nitrogens with two attached hydrogens (primary N) is 2. The zero-order valence-corrected chi connectivity index (χ0v) is 32.6. The maximum atomic E-state index is 12.0. The molecule has 1 saturated heterocycles. The van der Waals surface area contributed by atoms with Gasteiger partial charge in [-0.2, -0.15) is 4.91 Å². The SMILES string of the molecule is C=CCNC(=O)C(=O)CNC(=O)C1CCCN1C(=O)CN.CC.CC(C)O.CC1CC1.CCC.CCCCCCN=O.NC1CCCCC1. The molecule has 290 valence electrons. The van der Waals surface area contributed by atoms with E-state index in [4.69, 9.17) is 16.6 Å². The van der Waals surface area contributed by atoms with Gasteiger partial charge in [-0.1, -0.05) is 111 Å². The highest BCUT2D eigenvalue weighted by atomic mass is 16.3. The number of nitrogens with zero attached hydrogens (tertiary/aromatic N) is 2. The Morgan fingerprint density at radius 2 is 1.47 bits per heavy atom. The normalized spacial score (nSPS) is 15.8. The van der Waals surface area contributed by atoms with Crippen molar-refractivity contribution in [3.63, 3.8) is 0 Å². The molecule has 0 radical (unpaired) electrons. The summed E-state index contributed by atoms with van der Waals surface area (Å²) in [6.45, 7) is 20.1. The molecule has 1 unspecified atom stereocenters. The molecule has 0 aromatic carbocycles. The molecule has 3 aliphatic rings. The van der Waals surface area contributed by atoms with Gasteiger partial charge < -0.3 is 32.1 Å². The lowest BCUT2D eigenvalue weighted by Crippen LogP contribution is -2.49. The molecule has 2 aliphatic carbocycles. The van der Waals surface area contributed by atoms with E-state index in [1.54, 1.807) is 13.8 Å². The van der Waals surface area contributed by atoms with Crippen molar-refractivity contribution >= 4 is 23.5 Å². The van der Waals surface area contributed by atoms with E-state index in [0.29, 0.717) is 32.0 Å². The van der Waals surface area contributed by atoms with Gasteiger partial charge in [0.25, 0.3) is 5.91 Å². The molecule has 3 fully saturated rings. The van der Waals surface area contributed by atoms with Gasteiger partial charge in [-0.05, 0) is 51.9 Å². The molecule has 1 aliphatic heterocycles. The first kappa shape index (κ1) is 53.1. The van der Waals surface area contributed by atoms with Crippen molar-refractivity contribution in [2.75, 3.05) is 32.7 Å². The van der Waals surface area contributed by atoms with Crippen LogP contribution in [0.4, 0.5) is 0 Å². The summed E-state index contributed by atoms with van der Waals surface area (Å²) in [5.41, 5.74) is 10.9.